The summed E-state index contributed by atoms with van der Waals surface area (Å²) in [5.74, 6) is -0.0462. The average Bonchev–Trinajstić information content (AvgIpc) is 2.54. The highest BCUT2D eigenvalue weighted by atomic mass is 35.5. The van der Waals surface area contributed by atoms with Crippen molar-refractivity contribution in [3.05, 3.63) is 24.3 Å². The highest BCUT2D eigenvalue weighted by molar-refractivity contribution is 5.96. The van der Waals surface area contributed by atoms with E-state index >= 15 is 0 Å². The van der Waals surface area contributed by atoms with Crippen molar-refractivity contribution in [3.8, 4) is 5.75 Å². The summed E-state index contributed by atoms with van der Waals surface area (Å²) in [7, 11) is 3.01. The number of nitrogens with one attached hydrogen (secondary N) is 1. The van der Waals surface area contributed by atoms with Gasteiger partial charge in [0, 0.05) is 13.7 Å². The standard InChI is InChI=1S/C16H25N3O4.ClH/c1-4-9-19(16(21)12(17)11-22-2)10-15(20)18-13-7-5-6-8-14(13)23-3;/h5-8,12H,4,9-11,17H2,1-3H3,(H,18,20);1H. The van der Waals surface area contributed by atoms with Gasteiger partial charge in [0.15, 0.2) is 0 Å². The van der Waals surface area contributed by atoms with Crippen LogP contribution in [0.5, 0.6) is 5.75 Å². The highest BCUT2D eigenvalue weighted by Crippen LogP contribution is 2.22. The van der Waals surface area contributed by atoms with Crippen LogP contribution in [0.3, 0.4) is 0 Å². The molecule has 1 atom stereocenters. The largest absolute Gasteiger partial charge is 0.495 e. The molecular weight excluding hydrogens is 334 g/mol. The van der Waals surface area contributed by atoms with Crippen LogP contribution in [0.1, 0.15) is 13.3 Å². The number of rotatable bonds is 9. The van der Waals surface area contributed by atoms with E-state index < -0.39 is 6.04 Å². The number of halogens is 1. The zero-order chi connectivity index (χ0) is 17.2. The fraction of sp³-hybridized carbons (Fsp3) is 0.500. The van der Waals surface area contributed by atoms with Gasteiger partial charge in [-0.3, -0.25) is 9.59 Å². The number of ether oxygens (including phenoxy) is 2. The van der Waals surface area contributed by atoms with Crippen LogP contribution in [0.2, 0.25) is 0 Å². The number of hydrogen-bond acceptors (Lipinski definition) is 5. The minimum atomic E-state index is -0.773. The van der Waals surface area contributed by atoms with Crippen molar-refractivity contribution in [1.29, 1.82) is 0 Å². The maximum atomic E-state index is 12.3. The maximum Gasteiger partial charge on any atom is 0.244 e. The Morgan fingerprint density at radius 2 is 1.96 bits per heavy atom. The fourth-order valence-corrected chi connectivity index (χ4v) is 2.13. The zero-order valence-electron chi connectivity index (χ0n) is 14.3. The van der Waals surface area contributed by atoms with Crippen LogP contribution in [0.15, 0.2) is 24.3 Å². The number of nitrogens with zero attached hydrogens (tertiary/aromatic N) is 1. The van der Waals surface area contributed by atoms with E-state index in [0.29, 0.717) is 18.0 Å². The molecule has 136 valence electrons. The first-order valence-electron chi connectivity index (χ1n) is 7.49. The Morgan fingerprint density at radius 1 is 1.29 bits per heavy atom. The van der Waals surface area contributed by atoms with Gasteiger partial charge in [-0.25, -0.2) is 0 Å². The Labute approximate surface area is 148 Å². The molecule has 7 nitrogen and oxygen atoms in total. The van der Waals surface area contributed by atoms with E-state index in [2.05, 4.69) is 5.32 Å². The van der Waals surface area contributed by atoms with Crippen molar-refractivity contribution in [2.45, 2.75) is 19.4 Å². The van der Waals surface area contributed by atoms with Gasteiger partial charge in [0.2, 0.25) is 11.8 Å². The Balaban J connectivity index is 0.00000529. The van der Waals surface area contributed by atoms with E-state index in [-0.39, 0.29) is 37.4 Å². The van der Waals surface area contributed by atoms with Crippen molar-refractivity contribution in [2.75, 3.05) is 39.2 Å². The van der Waals surface area contributed by atoms with Crippen LogP contribution in [-0.2, 0) is 14.3 Å². The predicted molar refractivity (Wildman–Crippen MR) is 95.6 cm³/mol. The minimum Gasteiger partial charge on any atom is -0.495 e. The van der Waals surface area contributed by atoms with E-state index in [1.165, 1.54) is 19.1 Å². The van der Waals surface area contributed by atoms with E-state index in [9.17, 15) is 9.59 Å². The lowest BCUT2D eigenvalue weighted by Crippen LogP contribution is -2.48. The molecule has 0 spiro atoms. The molecule has 0 aliphatic rings. The molecule has 2 amide bonds. The summed E-state index contributed by atoms with van der Waals surface area (Å²) in [4.78, 5) is 25.9. The summed E-state index contributed by atoms with van der Waals surface area (Å²) in [5, 5.41) is 2.75. The molecule has 1 aromatic rings. The zero-order valence-corrected chi connectivity index (χ0v) is 15.1. The average molecular weight is 360 g/mol. The number of benzene rings is 1. The number of nitrogens with two attached hydrogens (primary N) is 1. The molecule has 0 aliphatic heterocycles. The van der Waals surface area contributed by atoms with Gasteiger partial charge in [0.25, 0.3) is 0 Å². The Morgan fingerprint density at radius 3 is 2.54 bits per heavy atom. The summed E-state index contributed by atoms with van der Waals surface area (Å²) in [5.41, 5.74) is 6.33. The van der Waals surface area contributed by atoms with Crippen LogP contribution in [-0.4, -0.2) is 56.7 Å². The SMILES string of the molecule is CCCN(CC(=O)Nc1ccccc1OC)C(=O)C(N)COC.Cl. The molecule has 0 heterocycles. The third-order valence-corrected chi connectivity index (χ3v) is 3.18. The number of para-hydroxylation sites is 2. The van der Waals surface area contributed by atoms with Crippen LogP contribution < -0.4 is 15.8 Å². The number of anilines is 1. The lowest BCUT2D eigenvalue weighted by Gasteiger charge is -2.24. The Bertz CT molecular complexity index is 528. The van der Waals surface area contributed by atoms with Gasteiger partial charge in [0.05, 0.1) is 25.9 Å². The van der Waals surface area contributed by atoms with Gasteiger partial charge in [0.1, 0.15) is 11.8 Å². The number of amides is 2. The molecule has 0 fully saturated rings. The molecule has 0 saturated heterocycles. The topological polar surface area (TPSA) is 93.9 Å². The van der Waals surface area contributed by atoms with E-state index in [1.807, 2.05) is 13.0 Å². The Hall–Kier alpha value is -1.83. The normalized spacial score (nSPS) is 11.2. The summed E-state index contributed by atoms with van der Waals surface area (Å²) in [6.07, 6.45) is 0.730. The molecule has 0 radical (unpaired) electrons. The summed E-state index contributed by atoms with van der Waals surface area (Å²) < 4.78 is 10.1. The van der Waals surface area contributed by atoms with Crippen molar-refractivity contribution in [2.24, 2.45) is 5.73 Å². The number of carbonyl (C=O) groups excluding carboxylic acids is 2. The van der Waals surface area contributed by atoms with Crippen LogP contribution in [0, 0.1) is 0 Å². The van der Waals surface area contributed by atoms with Gasteiger partial charge < -0.3 is 25.4 Å². The Kier molecular flexibility index (Phi) is 10.8. The number of methoxy groups -OCH3 is 2. The summed E-state index contributed by atoms with van der Waals surface area (Å²) in [6.45, 7) is 2.44. The molecule has 24 heavy (non-hydrogen) atoms. The van der Waals surface area contributed by atoms with Gasteiger partial charge in [-0.2, -0.15) is 0 Å². The van der Waals surface area contributed by atoms with Crippen LogP contribution >= 0.6 is 12.4 Å². The van der Waals surface area contributed by atoms with Crippen molar-refractivity contribution in [1.82, 2.24) is 4.90 Å². The van der Waals surface area contributed by atoms with Crippen LogP contribution in [0.4, 0.5) is 5.69 Å². The highest BCUT2D eigenvalue weighted by Gasteiger charge is 2.22. The monoisotopic (exact) mass is 359 g/mol. The number of carbonyl (C=O) groups is 2. The van der Waals surface area contributed by atoms with Crippen molar-refractivity contribution < 1.29 is 19.1 Å². The van der Waals surface area contributed by atoms with E-state index in [1.54, 1.807) is 18.2 Å². The first-order chi connectivity index (χ1) is 11.0. The van der Waals surface area contributed by atoms with Gasteiger partial charge in [-0.15, -0.1) is 12.4 Å². The van der Waals surface area contributed by atoms with E-state index in [4.69, 9.17) is 15.2 Å². The third-order valence-electron chi connectivity index (χ3n) is 3.18. The lowest BCUT2D eigenvalue weighted by molar-refractivity contribution is -0.136. The van der Waals surface area contributed by atoms with Crippen molar-refractivity contribution >= 4 is 29.9 Å². The number of hydrogen-bond donors (Lipinski definition) is 2. The predicted octanol–water partition coefficient (Wildman–Crippen LogP) is 1.27. The smallest absolute Gasteiger partial charge is 0.244 e. The summed E-state index contributed by atoms with van der Waals surface area (Å²) >= 11 is 0. The second kappa shape index (κ2) is 11.7. The molecule has 0 aliphatic carbocycles. The molecular formula is C16H26ClN3O4. The van der Waals surface area contributed by atoms with Crippen molar-refractivity contribution in [3.63, 3.8) is 0 Å². The molecule has 1 unspecified atom stereocenters. The molecule has 0 aromatic heterocycles. The first kappa shape index (κ1) is 22.2. The third kappa shape index (κ3) is 6.74. The fourth-order valence-electron chi connectivity index (χ4n) is 2.13. The van der Waals surface area contributed by atoms with Gasteiger partial charge >= 0.3 is 0 Å². The molecule has 8 heteroatoms. The van der Waals surface area contributed by atoms with Gasteiger partial charge in [-0.1, -0.05) is 19.1 Å². The second-order valence-electron chi connectivity index (χ2n) is 5.07. The quantitative estimate of drug-likeness (QED) is 0.692. The molecule has 3 N–H and O–H groups in total. The summed E-state index contributed by atoms with van der Waals surface area (Å²) in [6, 6.07) is 6.32. The minimum absolute atomic E-state index is 0. The maximum absolute atomic E-state index is 12.3. The van der Waals surface area contributed by atoms with Gasteiger partial charge in [-0.05, 0) is 18.6 Å². The molecule has 0 saturated carbocycles. The molecule has 1 rings (SSSR count). The first-order valence-corrected chi connectivity index (χ1v) is 7.49. The second-order valence-corrected chi connectivity index (χ2v) is 5.07. The lowest BCUT2D eigenvalue weighted by atomic mass is 10.2. The molecule has 1 aromatic carbocycles. The van der Waals surface area contributed by atoms with Crippen LogP contribution in [0.25, 0.3) is 0 Å². The molecule has 0 bridgehead atoms. The van der Waals surface area contributed by atoms with E-state index in [0.717, 1.165) is 6.42 Å².